The molecule has 0 saturated heterocycles. The number of halogens is 2. The highest BCUT2D eigenvalue weighted by atomic mass is 79.9. The second kappa shape index (κ2) is 5.50. The van der Waals surface area contributed by atoms with Crippen molar-refractivity contribution < 1.29 is 5.11 Å². The molecule has 1 aromatic carbocycles. The second-order valence-corrected chi connectivity index (χ2v) is 4.52. The first-order valence-corrected chi connectivity index (χ1v) is 5.79. The molecule has 15 heavy (non-hydrogen) atoms. The van der Waals surface area contributed by atoms with Gasteiger partial charge >= 0.3 is 0 Å². The molecule has 0 aliphatic carbocycles. The Balaban J connectivity index is 2.97. The van der Waals surface area contributed by atoms with Gasteiger partial charge in [-0.1, -0.05) is 24.6 Å². The number of benzene rings is 1. The lowest BCUT2D eigenvalue weighted by molar-refractivity contribution is 0.133. The number of nitrogens with zero attached hydrogens (tertiary/aromatic N) is 1. The maximum atomic E-state index is 9.91. The molecule has 0 radical (unpaired) electrons. The molecule has 0 fully saturated rings. The largest absolute Gasteiger partial charge is 0.387 e. The first-order chi connectivity index (χ1) is 7.10. The lowest BCUT2D eigenvalue weighted by Gasteiger charge is -2.15. The topological polar surface area (TPSA) is 44.0 Å². The van der Waals surface area contributed by atoms with Crippen LogP contribution in [-0.4, -0.2) is 5.11 Å². The van der Waals surface area contributed by atoms with Crippen LogP contribution in [-0.2, 0) is 0 Å². The third-order valence-electron chi connectivity index (χ3n) is 2.27. The van der Waals surface area contributed by atoms with E-state index >= 15 is 0 Å². The molecule has 2 atom stereocenters. The Morgan fingerprint density at radius 3 is 2.73 bits per heavy atom. The molecule has 0 spiro atoms. The lowest BCUT2D eigenvalue weighted by Crippen LogP contribution is -2.09. The van der Waals surface area contributed by atoms with Crippen LogP contribution in [0.15, 0.2) is 22.7 Å². The number of aliphatic hydroxyl groups is 1. The molecule has 1 aromatic rings. The lowest BCUT2D eigenvalue weighted by atomic mass is 9.95. The molecule has 0 amide bonds. The summed E-state index contributed by atoms with van der Waals surface area (Å²) in [5, 5.41) is 19.3. The van der Waals surface area contributed by atoms with Crippen LogP contribution in [0.1, 0.15) is 25.0 Å². The molecule has 80 valence electrons. The van der Waals surface area contributed by atoms with Crippen molar-refractivity contribution in [2.24, 2.45) is 5.92 Å². The standard InChI is InChI=1S/C11H11BrClNO/c1-2-7(6-14)11(15)8-3-4-10(13)9(12)5-8/h3-5,7,11,15H,2H2,1H3. The smallest absolute Gasteiger partial charge is 0.0948 e. The first-order valence-electron chi connectivity index (χ1n) is 4.62. The zero-order valence-corrected chi connectivity index (χ0v) is 10.6. The fourth-order valence-electron chi connectivity index (χ4n) is 1.31. The Kier molecular flexibility index (Phi) is 4.59. The minimum atomic E-state index is -0.756. The van der Waals surface area contributed by atoms with Crippen molar-refractivity contribution in [1.82, 2.24) is 0 Å². The van der Waals surface area contributed by atoms with Crippen molar-refractivity contribution in [2.45, 2.75) is 19.4 Å². The van der Waals surface area contributed by atoms with Crippen LogP contribution in [0, 0.1) is 17.2 Å². The summed E-state index contributed by atoms with van der Waals surface area (Å²) in [5.74, 6) is -0.377. The number of rotatable bonds is 3. The van der Waals surface area contributed by atoms with Crippen molar-refractivity contribution in [2.75, 3.05) is 0 Å². The average molecular weight is 289 g/mol. The zero-order chi connectivity index (χ0) is 11.4. The molecule has 0 aliphatic heterocycles. The van der Waals surface area contributed by atoms with E-state index in [0.717, 1.165) is 4.47 Å². The van der Waals surface area contributed by atoms with Gasteiger partial charge in [0.2, 0.25) is 0 Å². The van der Waals surface area contributed by atoms with E-state index < -0.39 is 6.10 Å². The highest BCUT2D eigenvalue weighted by Crippen LogP contribution is 2.29. The number of hydrogen-bond acceptors (Lipinski definition) is 2. The highest BCUT2D eigenvalue weighted by molar-refractivity contribution is 9.10. The predicted octanol–water partition coefficient (Wildman–Crippen LogP) is 3.69. The minimum Gasteiger partial charge on any atom is -0.387 e. The van der Waals surface area contributed by atoms with Crippen molar-refractivity contribution in [1.29, 1.82) is 5.26 Å². The van der Waals surface area contributed by atoms with Gasteiger partial charge in [0, 0.05) is 4.47 Å². The molecule has 0 aliphatic rings. The van der Waals surface area contributed by atoms with Gasteiger partial charge in [-0.05, 0) is 40.0 Å². The van der Waals surface area contributed by atoms with Crippen LogP contribution in [0.3, 0.4) is 0 Å². The van der Waals surface area contributed by atoms with Gasteiger partial charge in [-0.2, -0.15) is 5.26 Å². The molecular formula is C11H11BrClNO. The fraction of sp³-hybridized carbons (Fsp3) is 0.364. The van der Waals surface area contributed by atoms with Crippen LogP contribution in [0.25, 0.3) is 0 Å². The van der Waals surface area contributed by atoms with Gasteiger partial charge in [0.25, 0.3) is 0 Å². The summed E-state index contributed by atoms with van der Waals surface area (Å²) in [6.07, 6.45) is -0.133. The van der Waals surface area contributed by atoms with Crippen LogP contribution in [0.2, 0.25) is 5.02 Å². The van der Waals surface area contributed by atoms with E-state index in [1.165, 1.54) is 0 Å². The zero-order valence-electron chi connectivity index (χ0n) is 8.24. The van der Waals surface area contributed by atoms with Crippen LogP contribution >= 0.6 is 27.5 Å². The van der Waals surface area contributed by atoms with Crippen LogP contribution in [0.5, 0.6) is 0 Å². The summed E-state index contributed by atoms with van der Waals surface area (Å²) < 4.78 is 0.730. The second-order valence-electron chi connectivity index (χ2n) is 3.26. The van der Waals surface area contributed by atoms with Crippen LogP contribution in [0.4, 0.5) is 0 Å². The third-order valence-corrected chi connectivity index (χ3v) is 3.49. The molecule has 0 aromatic heterocycles. The summed E-state index contributed by atoms with van der Waals surface area (Å²) in [4.78, 5) is 0. The van der Waals surface area contributed by atoms with E-state index in [2.05, 4.69) is 22.0 Å². The van der Waals surface area contributed by atoms with Gasteiger partial charge in [0.1, 0.15) is 0 Å². The minimum absolute atomic E-state index is 0.377. The highest BCUT2D eigenvalue weighted by Gasteiger charge is 2.19. The van der Waals surface area contributed by atoms with Crippen molar-refractivity contribution >= 4 is 27.5 Å². The molecular weight excluding hydrogens is 277 g/mol. The summed E-state index contributed by atoms with van der Waals surface area (Å²) >= 11 is 9.12. The SMILES string of the molecule is CCC(C#N)C(O)c1ccc(Cl)c(Br)c1. The Labute approximate surface area is 103 Å². The van der Waals surface area contributed by atoms with E-state index in [0.29, 0.717) is 17.0 Å². The van der Waals surface area contributed by atoms with Gasteiger partial charge in [-0.3, -0.25) is 0 Å². The molecule has 0 bridgehead atoms. The third kappa shape index (κ3) is 2.94. The van der Waals surface area contributed by atoms with Gasteiger partial charge in [0.15, 0.2) is 0 Å². The van der Waals surface area contributed by atoms with E-state index in [-0.39, 0.29) is 5.92 Å². The van der Waals surface area contributed by atoms with E-state index in [4.69, 9.17) is 16.9 Å². The number of nitriles is 1. The van der Waals surface area contributed by atoms with Gasteiger partial charge < -0.3 is 5.11 Å². The van der Waals surface area contributed by atoms with E-state index in [9.17, 15) is 5.11 Å². The summed E-state index contributed by atoms with van der Waals surface area (Å²) in [6, 6.07) is 7.27. The van der Waals surface area contributed by atoms with E-state index in [1.54, 1.807) is 18.2 Å². The average Bonchev–Trinajstić information content (AvgIpc) is 2.23. The number of hydrogen-bond donors (Lipinski definition) is 1. The fourth-order valence-corrected chi connectivity index (χ4v) is 1.83. The summed E-state index contributed by atoms with van der Waals surface area (Å²) in [6.45, 7) is 1.88. The molecule has 0 heterocycles. The van der Waals surface area contributed by atoms with Crippen LogP contribution < -0.4 is 0 Å². The van der Waals surface area contributed by atoms with Crippen molar-refractivity contribution in [3.8, 4) is 6.07 Å². The molecule has 2 nitrogen and oxygen atoms in total. The van der Waals surface area contributed by atoms with Gasteiger partial charge in [-0.15, -0.1) is 0 Å². The maximum Gasteiger partial charge on any atom is 0.0948 e. The first kappa shape index (κ1) is 12.5. The quantitative estimate of drug-likeness (QED) is 0.922. The predicted molar refractivity (Wildman–Crippen MR) is 63.5 cm³/mol. The Morgan fingerprint density at radius 1 is 1.60 bits per heavy atom. The summed E-state index contributed by atoms with van der Waals surface area (Å²) in [7, 11) is 0. The Morgan fingerprint density at radius 2 is 2.27 bits per heavy atom. The monoisotopic (exact) mass is 287 g/mol. The molecule has 4 heteroatoms. The molecule has 1 rings (SSSR count). The maximum absolute atomic E-state index is 9.91. The molecule has 1 N–H and O–H groups in total. The summed E-state index contributed by atoms with van der Waals surface area (Å²) in [5.41, 5.74) is 0.708. The number of aliphatic hydroxyl groups excluding tert-OH is 1. The van der Waals surface area contributed by atoms with Gasteiger partial charge in [0.05, 0.1) is 23.1 Å². The molecule has 2 unspecified atom stereocenters. The Hall–Kier alpha value is -0.560. The normalized spacial score (nSPS) is 14.3. The van der Waals surface area contributed by atoms with Crippen molar-refractivity contribution in [3.05, 3.63) is 33.3 Å². The Bertz CT molecular complexity index is 389. The van der Waals surface area contributed by atoms with Crippen molar-refractivity contribution in [3.63, 3.8) is 0 Å². The van der Waals surface area contributed by atoms with Gasteiger partial charge in [-0.25, -0.2) is 0 Å². The van der Waals surface area contributed by atoms with E-state index in [1.807, 2.05) is 6.92 Å². The molecule has 0 saturated carbocycles.